The van der Waals surface area contributed by atoms with Crippen molar-refractivity contribution >= 4 is 23.1 Å². The smallest absolute Gasteiger partial charge is 0.149 e. The lowest BCUT2D eigenvalue weighted by molar-refractivity contribution is 1.04. The normalized spacial score (nSPS) is 14.5. The summed E-state index contributed by atoms with van der Waals surface area (Å²) >= 11 is 5.81. The van der Waals surface area contributed by atoms with Crippen LogP contribution in [-0.4, -0.2) is 19.4 Å². The van der Waals surface area contributed by atoms with Crippen molar-refractivity contribution in [2.24, 2.45) is 0 Å². The Bertz CT molecular complexity index is 794. The van der Waals surface area contributed by atoms with E-state index in [2.05, 4.69) is 43.0 Å². The SMILES string of the molecule is Clc1cncc(NCc2cn3cc(C4CC4)ccc3n2)n1. The molecule has 0 saturated heterocycles. The number of halogens is 1. The van der Waals surface area contributed by atoms with Crippen LogP contribution in [0.5, 0.6) is 0 Å². The van der Waals surface area contributed by atoms with Crippen molar-refractivity contribution in [1.29, 1.82) is 0 Å². The first-order valence-electron chi connectivity index (χ1n) is 6.97. The van der Waals surface area contributed by atoms with Crippen LogP contribution in [0, 0.1) is 0 Å². The average molecular weight is 300 g/mol. The van der Waals surface area contributed by atoms with Gasteiger partial charge in [0.1, 0.15) is 16.6 Å². The van der Waals surface area contributed by atoms with Crippen molar-refractivity contribution in [2.45, 2.75) is 25.3 Å². The van der Waals surface area contributed by atoms with E-state index in [-0.39, 0.29) is 0 Å². The number of rotatable bonds is 4. The minimum atomic E-state index is 0.379. The number of pyridine rings is 1. The van der Waals surface area contributed by atoms with Gasteiger partial charge in [-0.05, 0) is 30.4 Å². The summed E-state index contributed by atoms with van der Waals surface area (Å²) in [5.41, 5.74) is 3.33. The fourth-order valence-electron chi connectivity index (χ4n) is 2.41. The summed E-state index contributed by atoms with van der Waals surface area (Å²) in [6.45, 7) is 0.593. The van der Waals surface area contributed by atoms with Crippen molar-refractivity contribution in [3.63, 3.8) is 0 Å². The number of nitrogens with one attached hydrogen (secondary N) is 1. The van der Waals surface area contributed by atoms with Crippen molar-refractivity contribution in [3.05, 3.63) is 53.3 Å². The maximum absolute atomic E-state index is 5.81. The van der Waals surface area contributed by atoms with Gasteiger partial charge in [-0.25, -0.2) is 9.97 Å². The molecular formula is C15H14ClN5. The molecule has 6 heteroatoms. The van der Waals surface area contributed by atoms with E-state index in [0.717, 1.165) is 17.3 Å². The summed E-state index contributed by atoms with van der Waals surface area (Å²) in [5.74, 6) is 1.40. The minimum Gasteiger partial charge on any atom is -0.363 e. The van der Waals surface area contributed by atoms with Gasteiger partial charge in [0.2, 0.25) is 0 Å². The molecule has 0 unspecified atom stereocenters. The Morgan fingerprint density at radius 3 is 2.90 bits per heavy atom. The highest BCUT2D eigenvalue weighted by molar-refractivity contribution is 6.29. The van der Waals surface area contributed by atoms with Gasteiger partial charge in [0.05, 0.1) is 24.6 Å². The van der Waals surface area contributed by atoms with Gasteiger partial charge in [0.15, 0.2) is 0 Å². The molecule has 106 valence electrons. The minimum absolute atomic E-state index is 0.379. The molecule has 1 aliphatic carbocycles. The number of anilines is 1. The summed E-state index contributed by atoms with van der Waals surface area (Å²) < 4.78 is 2.09. The maximum atomic E-state index is 5.81. The van der Waals surface area contributed by atoms with E-state index in [1.807, 2.05) is 6.20 Å². The second kappa shape index (κ2) is 5.00. The Morgan fingerprint density at radius 2 is 2.10 bits per heavy atom. The van der Waals surface area contributed by atoms with Gasteiger partial charge >= 0.3 is 0 Å². The van der Waals surface area contributed by atoms with Crippen molar-refractivity contribution in [3.8, 4) is 0 Å². The van der Waals surface area contributed by atoms with Crippen molar-refractivity contribution in [1.82, 2.24) is 19.4 Å². The molecule has 0 aromatic carbocycles. The van der Waals surface area contributed by atoms with Crippen LogP contribution in [0.25, 0.3) is 5.65 Å². The second-order valence-corrected chi connectivity index (χ2v) is 5.70. The van der Waals surface area contributed by atoms with Crippen LogP contribution < -0.4 is 5.32 Å². The van der Waals surface area contributed by atoms with Gasteiger partial charge in [0.25, 0.3) is 0 Å². The van der Waals surface area contributed by atoms with Gasteiger partial charge in [-0.15, -0.1) is 0 Å². The molecule has 3 aromatic rings. The zero-order valence-corrected chi connectivity index (χ0v) is 12.1. The van der Waals surface area contributed by atoms with Gasteiger partial charge < -0.3 is 9.72 Å². The molecule has 1 saturated carbocycles. The largest absolute Gasteiger partial charge is 0.363 e. The van der Waals surface area contributed by atoms with Crippen LogP contribution in [0.3, 0.4) is 0 Å². The molecule has 0 amide bonds. The average Bonchev–Trinajstić information content (AvgIpc) is 3.25. The monoisotopic (exact) mass is 299 g/mol. The van der Waals surface area contributed by atoms with Crippen LogP contribution in [0.2, 0.25) is 5.15 Å². The van der Waals surface area contributed by atoms with Crippen molar-refractivity contribution in [2.75, 3.05) is 5.32 Å². The van der Waals surface area contributed by atoms with Crippen LogP contribution in [-0.2, 0) is 6.54 Å². The number of aromatic nitrogens is 4. The number of fused-ring (bicyclic) bond motifs is 1. The van der Waals surface area contributed by atoms with E-state index >= 15 is 0 Å². The van der Waals surface area contributed by atoms with Gasteiger partial charge in [-0.3, -0.25) is 4.98 Å². The zero-order chi connectivity index (χ0) is 14.2. The number of hydrogen-bond acceptors (Lipinski definition) is 4. The van der Waals surface area contributed by atoms with E-state index in [4.69, 9.17) is 11.6 Å². The van der Waals surface area contributed by atoms with E-state index in [1.54, 1.807) is 6.20 Å². The summed E-state index contributed by atoms with van der Waals surface area (Å²) in [6, 6.07) is 4.26. The van der Waals surface area contributed by atoms with E-state index in [1.165, 1.54) is 24.6 Å². The van der Waals surface area contributed by atoms with Crippen LogP contribution >= 0.6 is 11.6 Å². The first-order valence-corrected chi connectivity index (χ1v) is 7.35. The Balaban J connectivity index is 1.53. The summed E-state index contributed by atoms with van der Waals surface area (Å²) in [5, 5.41) is 3.56. The molecule has 0 aliphatic heterocycles. The summed E-state index contributed by atoms with van der Waals surface area (Å²) in [7, 11) is 0. The lowest BCUT2D eigenvalue weighted by atomic mass is 10.2. The molecule has 3 aromatic heterocycles. The molecule has 0 radical (unpaired) electrons. The summed E-state index contributed by atoms with van der Waals surface area (Å²) in [6.07, 6.45) is 10.0. The number of imidazole rings is 1. The van der Waals surface area contributed by atoms with E-state index in [9.17, 15) is 0 Å². The highest BCUT2D eigenvalue weighted by Crippen LogP contribution is 2.39. The molecule has 1 aliphatic rings. The fraction of sp³-hybridized carbons (Fsp3) is 0.267. The standard InChI is InChI=1S/C15H14ClN5/c16-13-6-17-7-14(20-13)18-5-12-9-21-8-11(10-1-2-10)3-4-15(21)19-12/h3-4,6-10H,1-2,5H2,(H,18,20). The maximum Gasteiger partial charge on any atom is 0.149 e. The molecule has 0 atom stereocenters. The van der Waals surface area contributed by atoms with E-state index < -0.39 is 0 Å². The molecule has 1 fully saturated rings. The Morgan fingerprint density at radius 1 is 1.19 bits per heavy atom. The molecule has 4 rings (SSSR count). The third-order valence-corrected chi connectivity index (χ3v) is 3.81. The molecule has 5 nitrogen and oxygen atoms in total. The molecule has 21 heavy (non-hydrogen) atoms. The zero-order valence-electron chi connectivity index (χ0n) is 11.3. The lowest BCUT2D eigenvalue weighted by Gasteiger charge is -2.02. The second-order valence-electron chi connectivity index (χ2n) is 5.32. The predicted octanol–water partition coefficient (Wildman–Crippen LogP) is 3.27. The quantitative estimate of drug-likeness (QED) is 0.803. The third kappa shape index (κ3) is 2.69. The fourth-order valence-corrected chi connectivity index (χ4v) is 2.56. The van der Waals surface area contributed by atoms with Gasteiger partial charge in [-0.2, -0.15) is 0 Å². The number of hydrogen-bond donors (Lipinski definition) is 1. The molecular weight excluding hydrogens is 286 g/mol. The van der Waals surface area contributed by atoms with Crippen LogP contribution in [0.15, 0.2) is 36.9 Å². The Hall–Kier alpha value is -2.14. The third-order valence-electron chi connectivity index (χ3n) is 3.63. The predicted molar refractivity (Wildman–Crippen MR) is 81.5 cm³/mol. The van der Waals surface area contributed by atoms with Crippen molar-refractivity contribution < 1.29 is 0 Å². The van der Waals surface area contributed by atoms with Gasteiger partial charge in [0, 0.05) is 12.4 Å². The summed E-state index contributed by atoms with van der Waals surface area (Å²) in [4.78, 5) is 12.7. The Kier molecular flexibility index (Phi) is 3.00. The highest BCUT2D eigenvalue weighted by atomic mass is 35.5. The van der Waals surface area contributed by atoms with Gasteiger partial charge in [-0.1, -0.05) is 17.7 Å². The lowest BCUT2D eigenvalue weighted by Crippen LogP contribution is -2.02. The van der Waals surface area contributed by atoms with Crippen LogP contribution in [0.1, 0.15) is 30.0 Å². The Labute approximate surface area is 127 Å². The molecule has 0 bridgehead atoms. The molecule has 3 heterocycles. The first kappa shape index (κ1) is 12.6. The van der Waals surface area contributed by atoms with E-state index in [0.29, 0.717) is 17.5 Å². The topological polar surface area (TPSA) is 55.1 Å². The first-order chi connectivity index (χ1) is 10.3. The van der Waals surface area contributed by atoms with Crippen LogP contribution in [0.4, 0.5) is 5.82 Å². The molecule has 1 N–H and O–H groups in total. The molecule has 0 spiro atoms. The highest BCUT2D eigenvalue weighted by Gasteiger charge is 2.23. The number of nitrogens with zero attached hydrogens (tertiary/aromatic N) is 4.